The Kier molecular flexibility index (Phi) is 4.83. The van der Waals surface area contributed by atoms with E-state index >= 15 is 0 Å². The lowest BCUT2D eigenvalue weighted by atomic mass is 10.1. The van der Waals surface area contributed by atoms with E-state index in [4.69, 9.17) is 15.4 Å². The molecule has 8 heteroatoms. The van der Waals surface area contributed by atoms with Crippen molar-refractivity contribution in [2.75, 3.05) is 19.8 Å². The molecule has 106 valence electrons. The highest BCUT2D eigenvalue weighted by Gasteiger charge is 2.22. The summed E-state index contributed by atoms with van der Waals surface area (Å²) in [6.07, 6.45) is 1.36. The Morgan fingerprint density at radius 2 is 2.32 bits per heavy atom. The number of nitrogens with one attached hydrogen (secondary N) is 1. The number of hydrogen-bond donors (Lipinski definition) is 1. The van der Waals surface area contributed by atoms with Gasteiger partial charge in [0.2, 0.25) is 5.91 Å². The second-order valence-corrected chi connectivity index (χ2v) is 8.22. The molecule has 19 heavy (non-hydrogen) atoms. The van der Waals surface area contributed by atoms with E-state index in [0.717, 1.165) is 22.6 Å². The molecular formula is C11H14ClNO4S2. The third-order valence-corrected chi connectivity index (χ3v) is 6.09. The summed E-state index contributed by atoms with van der Waals surface area (Å²) in [7, 11) is 1.59. The summed E-state index contributed by atoms with van der Waals surface area (Å²) in [5.41, 5.74) is 0. The summed E-state index contributed by atoms with van der Waals surface area (Å²) in [5.74, 6) is -0.0543. The molecule has 0 radical (unpaired) electrons. The first-order valence-corrected chi connectivity index (χ1v) is 8.98. The molecule has 1 aromatic heterocycles. The molecule has 1 aliphatic heterocycles. The molecule has 1 atom stereocenters. The van der Waals surface area contributed by atoms with Crippen LogP contribution in [0.25, 0.3) is 0 Å². The third kappa shape index (κ3) is 4.17. The van der Waals surface area contributed by atoms with Crippen molar-refractivity contribution in [3.8, 4) is 0 Å². The SMILES string of the molecule is O=C(NCCc1ccc(S(=O)(=O)Cl)s1)C1CCOC1. The maximum Gasteiger partial charge on any atom is 0.270 e. The zero-order chi connectivity index (χ0) is 13.9. The first kappa shape index (κ1) is 14.8. The van der Waals surface area contributed by atoms with Crippen LogP contribution >= 0.6 is 22.0 Å². The Balaban J connectivity index is 1.79. The number of halogens is 1. The lowest BCUT2D eigenvalue weighted by Gasteiger charge is -2.08. The van der Waals surface area contributed by atoms with Gasteiger partial charge in [0.25, 0.3) is 9.05 Å². The van der Waals surface area contributed by atoms with Crippen LogP contribution in [0.4, 0.5) is 0 Å². The highest BCUT2D eigenvalue weighted by Crippen LogP contribution is 2.24. The van der Waals surface area contributed by atoms with Crippen LogP contribution in [0.5, 0.6) is 0 Å². The van der Waals surface area contributed by atoms with Gasteiger partial charge in [0.05, 0.1) is 12.5 Å². The van der Waals surface area contributed by atoms with Gasteiger partial charge in [0.15, 0.2) is 0 Å². The quantitative estimate of drug-likeness (QED) is 0.831. The minimum absolute atomic E-state index is 0.000700. The Labute approximate surface area is 120 Å². The lowest BCUT2D eigenvalue weighted by Crippen LogP contribution is -2.32. The van der Waals surface area contributed by atoms with Crippen LogP contribution in [-0.4, -0.2) is 34.1 Å². The van der Waals surface area contributed by atoms with E-state index in [1.165, 1.54) is 6.07 Å². The number of carbonyl (C=O) groups excluding carboxylic acids is 1. The van der Waals surface area contributed by atoms with Gasteiger partial charge in [-0.05, 0) is 25.0 Å². The first-order chi connectivity index (χ1) is 8.97. The van der Waals surface area contributed by atoms with Gasteiger partial charge < -0.3 is 10.1 Å². The molecule has 0 spiro atoms. The number of amides is 1. The fourth-order valence-electron chi connectivity index (χ4n) is 1.82. The normalized spacial score (nSPS) is 19.5. The van der Waals surface area contributed by atoms with Gasteiger partial charge >= 0.3 is 0 Å². The molecule has 0 aliphatic carbocycles. The summed E-state index contributed by atoms with van der Waals surface area (Å²) in [4.78, 5) is 12.6. The first-order valence-electron chi connectivity index (χ1n) is 5.85. The maximum absolute atomic E-state index is 11.7. The van der Waals surface area contributed by atoms with E-state index in [1.54, 1.807) is 6.07 Å². The number of rotatable bonds is 5. The van der Waals surface area contributed by atoms with E-state index < -0.39 is 9.05 Å². The van der Waals surface area contributed by atoms with Crippen molar-refractivity contribution in [2.24, 2.45) is 5.92 Å². The number of thiophene rings is 1. The lowest BCUT2D eigenvalue weighted by molar-refractivity contribution is -0.124. The molecule has 0 aromatic carbocycles. The largest absolute Gasteiger partial charge is 0.381 e. The minimum Gasteiger partial charge on any atom is -0.381 e. The highest BCUT2D eigenvalue weighted by atomic mass is 35.7. The van der Waals surface area contributed by atoms with E-state index in [2.05, 4.69) is 5.32 Å². The second kappa shape index (κ2) is 6.21. The predicted octanol–water partition coefficient (Wildman–Crippen LogP) is 1.37. The van der Waals surface area contributed by atoms with Gasteiger partial charge in [-0.2, -0.15) is 0 Å². The number of hydrogen-bond acceptors (Lipinski definition) is 5. The number of carbonyl (C=O) groups is 1. The molecule has 1 saturated heterocycles. The summed E-state index contributed by atoms with van der Waals surface area (Å²) in [6.45, 7) is 1.61. The van der Waals surface area contributed by atoms with Gasteiger partial charge in [0, 0.05) is 28.7 Å². The van der Waals surface area contributed by atoms with Crippen molar-refractivity contribution in [2.45, 2.75) is 17.1 Å². The van der Waals surface area contributed by atoms with Crippen molar-refractivity contribution in [3.05, 3.63) is 17.0 Å². The minimum atomic E-state index is -3.65. The van der Waals surface area contributed by atoms with E-state index in [-0.39, 0.29) is 16.0 Å². The fraction of sp³-hybridized carbons (Fsp3) is 0.545. The average Bonchev–Trinajstić information content (AvgIpc) is 2.99. The molecule has 2 rings (SSSR count). The molecule has 1 fully saturated rings. The van der Waals surface area contributed by atoms with Crippen LogP contribution in [0.2, 0.25) is 0 Å². The van der Waals surface area contributed by atoms with Crippen LogP contribution in [0.1, 0.15) is 11.3 Å². The van der Waals surface area contributed by atoms with Crippen molar-refractivity contribution in [1.29, 1.82) is 0 Å². The van der Waals surface area contributed by atoms with Gasteiger partial charge in [-0.1, -0.05) is 0 Å². The molecule has 2 heterocycles. The molecule has 5 nitrogen and oxygen atoms in total. The predicted molar refractivity (Wildman–Crippen MR) is 73.0 cm³/mol. The van der Waals surface area contributed by atoms with Crippen LogP contribution < -0.4 is 5.32 Å². The number of ether oxygens (including phenoxy) is 1. The van der Waals surface area contributed by atoms with Gasteiger partial charge in [-0.25, -0.2) is 8.42 Å². The molecule has 1 unspecified atom stereocenters. The van der Waals surface area contributed by atoms with Crippen LogP contribution in [-0.2, 0) is 25.0 Å². The average molecular weight is 324 g/mol. The summed E-state index contributed by atoms with van der Waals surface area (Å²) in [5, 5.41) is 2.83. The zero-order valence-corrected chi connectivity index (χ0v) is 12.5. The van der Waals surface area contributed by atoms with E-state index in [9.17, 15) is 13.2 Å². The Morgan fingerprint density at radius 1 is 1.53 bits per heavy atom. The van der Waals surface area contributed by atoms with Gasteiger partial charge in [0.1, 0.15) is 4.21 Å². The molecule has 0 bridgehead atoms. The third-order valence-electron chi connectivity index (χ3n) is 2.85. The Morgan fingerprint density at radius 3 is 2.89 bits per heavy atom. The van der Waals surface area contributed by atoms with Gasteiger partial charge in [-0.3, -0.25) is 4.79 Å². The fourth-order valence-corrected chi connectivity index (χ4v) is 3.94. The van der Waals surface area contributed by atoms with Crippen molar-refractivity contribution in [1.82, 2.24) is 5.32 Å². The molecule has 1 aliphatic rings. The summed E-state index contributed by atoms with van der Waals surface area (Å²) in [6, 6.07) is 3.19. The molecule has 1 aromatic rings. The van der Waals surface area contributed by atoms with Crippen molar-refractivity contribution in [3.63, 3.8) is 0 Å². The molecule has 1 amide bonds. The Bertz CT molecular complexity index is 549. The zero-order valence-electron chi connectivity index (χ0n) is 10.1. The molecule has 0 saturated carbocycles. The van der Waals surface area contributed by atoms with Crippen LogP contribution in [0.15, 0.2) is 16.3 Å². The standard InChI is InChI=1S/C11H14ClNO4S2/c12-19(15,16)10-2-1-9(18-10)3-5-13-11(14)8-4-6-17-7-8/h1-2,8H,3-7H2,(H,13,14). The second-order valence-electron chi connectivity index (χ2n) is 4.26. The smallest absolute Gasteiger partial charge is 0.270 e. The van der Waals surface area contributed by atoms with Crippen LogP contribution in [0, 0.1) is 5.92 Å². The van der Waals surface area contributed by atoms with Crippen LogP contribution in [0.3, 0.4) is 0 Å². The van der Waals surface area contributed by atoms with Gasteiger partial charge in [-0.15, -0.1) is 11.3 Å². The topological polar surface area (TPSA) is 72.5 Å². The summed E-state index contributed by atoms with van der Waals surface area (Å²) < 4.78 is 27.5. The molecule has 1 N–H and O–H groups in total. The molecular weight excluding hydrogens is 310 g/mol. The Hall–Kier alpha value is -0.630. The highest BCUT2D eigenvalue weighted by molar-refractivity contribution is 8.15. The monoisotopic (exact) mass is 323 g/mol. The van der Waals surface area contributed by atoms with E-state index in [0.29, 0.717) is 26.2 Å². The summed E-state index contributed by atoms with van der Waals surface area (Å²) >= 11 is 1.13. The van der Waals surface area contributed by atoms with E-state index in [1.807, 2.05) is 0 Å². The van der Waals surface area contributed by atoms with Crippen molar-refractivity contribution >= 4 is 37.0 Å². The van der Waals surface area contributed by atoms with Crippen molar-refractivity contribution < 1.29 is 17.9 Å². The maximum atomic E-state index is 11.7.